The van der Waals surface area contributed by atoms with E-state index in [2.05, 4.69) is 50.1 Å². The minimum absolute atomic E-state index is 0.256. The van der Waals surface area contributed by atoms with Gasteiger partial charge in [0.25, 0.3) is 0 Å². The van der Waals surface area contributed by atoms with E-state index in [0.717, 1.165) is 6.54 Å². The van der Waals surface area contributed by atoms with Crippen molar-refractivity contribution < 1.29 is 0 Å². The van der Waals surface area contributed by atoms with E-state index in [1.807, 2.05) is 0 Å². The predicted octanol–water partition coefficient (Wildman–Crippen LogP) is 2.77. The molecule has 0 N–H and O–H groups in total. The monoisotopic (exact) mass is 157 g/mol. The van der Waals surface area contributed by atoms with Crippen molar-refractivity contribution >= 4 is 17.4 Å². The maximum atomic E-state index is 4.49. The second-order valence-electron chi connectivity index (χ2n) is 3.55. The second kappa shape index (κ2) is 3.85. The Bertz CT molecular complexity index is 143. The van der Waals surface area contributed by atoms with Gasteiger partial charge in [0.15, 0.2) is 0 Å². The van der Waals surface area contributed by atoms with Crippen LogP contribution in [0.2, 0.25) is 0 Å². The SMILES string of the molecule is CC(C)C(C)(C)CN=C=S. The quantitative estimate of drug-likeness (QED) is 0.453. The summed E-state index contributed by atoms with van der Waals surface area (Å²) >= 11 is 4.49. The third-order valence-electron chi connectivity index (χ3n) is 2.11. The van der Waals surface area contributed by atoms with E-state index in [1.165, 1.54) is 0 Å². The largest absolute Gasteiger partial charge is 0.232 e. The molecule has 0 aliphatic carbocycles. The van der Waals surface area contributed by atoms with Crippen LogP contribution in [0.15, 0.2) is 4.99 Å². The number of aliphatic imine (C=N–C) groups is 1. The van der Waals surface area contributed by atoms with Crippen LogP contribution in [0.3, 0.4) is 0 Å². The highest BCUT2D eigenvalue weighted by molar-refractivity contribution is 7.78. The Hall–Kier alpha value is -0.200. The number of nitrogens with zero attached hydrogens (tertiary/aromatic N) is 1. The molecule has 0 heterocycles. The Balaban J connectivity index is 3.98. The van der Waals surface area contributed by atoms with Crippen LogP contribution in [0.25, 0.3) is 0 Å². The molecule has 0 radical (unpaired) electrons. The maximum absolute atomic E-state index is 4.49. The molecule has 0 amide bonds. The summed E-state index contributed by atoms with van der Waals surface area (Å²) in [4.78, 5) is 3.93. The van der Waals surface area contributed by atoms with Crippen LogP contribution in [-0.4, -0.2) is 11.7 Å². The molecular formula is C8H15NS. The predicted molar refractivity (Wildman–Crippen MR) is 48.5 cm³/mol. The number of hydrogen-bond donors (Lipinski definition) is 0. The van der Waals surface area contributed by atoms with Crippen molar-refractivity contribution in [2.24, 2.45) is 16.3 Å². The second-order valence-corrected chi connectivity index (χ2v) is 3.73. The van der Waals surface area contributed by atoms with Gasteiger partial charge in [-0.05, 0) is 23.6 Å². The molecule has 0 bridgehead atoms. The molecule has 0 aromatic carbocycles. The molecule has 0 rings (SSSR count). The number of isothiocyanates is 1. The van der Waals surface area contributed by atoms with Crippen molar-refractivity contribution in [1.29, 1.82) is 0 Å². The first-order valence-corrected chi connectivity index (χ1v) is 3.95. The van der Waals surface area contributed by atoms with Crippen molar-refractivity contribution in [2.45, 2.75) is 27.7 Å². The zero-order valence-corrected chi connectivity index (χ0v) is 7.96. The number of hydrogen-bond acceptors (Lipinski definition) is 2. The third kappa shape index (κ3) is 3.09. The summed E-state index contributed by atoms with van der Waals surface area (Å²) in [6.45, 7) is 9.55. The average Bonchev–Trinajstić information content (AvgIpc) is 1.84. The summed E-state index contributed by atoms with van der Waals surface area (Å²) in [6.07, 6.45) is 0. The lowest BCUT2D eigenvalue weighted by Crippen LogP contribution is -2.22. The zero-order valence-electron chi connectivity index (χ0n) is 7.14. The first-order chi connectivity index (χ1) is 4.50. The highest BCUT2D eigenvalue weighted by Gasteiger charge is 2.21. The van der Waals surface area contributed by atoms with Gasteiger partial charge < -0.3 is 0 Å². The number of rotatable bonds is 3. The Kier molecular flexibility index (Phi) is 3.77. The molecule has 10 heavy (non-hydrogen) atoms. The van der Waals surface area contributed by atoms with Crippen LogP contribution < -0.4 is 0 Å². The van der Waals surface area contributed by atoms with Crippen LogP contribution in [-0.2, 0) is 0 Å². The van der Waals surface area contributed by atoms with E-state index in [1.54, 1.807) is 0 Å². The highest BCUT2D eigenvalue weighted by Crippen LogP contribution is 2.25. The molecule has 0 aliphatic rings. The average molecular weight is 157 g/mol. The van der Waals surface area contributed by atoms with Crippen LogP contribution in [0.5, 0.6) is 0 Å². The first kappa shape index (κ1) is 9.80. The molecule has 0 aromatic heterocycles. The molecule has 0 aromatic rings. The number of thiocarbonyl (C=S) groups is 1. The van der Waals surface area contributed by atoms with Gasteiger partial charge in [0.2, 0.25) is 0 Å². The summed E-state index contributed by atoms with van der Waals surface area (Å²) in [6, 6.07) is 0. The topological polar surface area (TPSA) is 12.4 Å². The molecule has 0 saturated carbocycles. The molecule has 0 saturated heterocycles. The summed E-state index contributed by atoms with van der Waals surface area (Å²) in [7, 11) is 0. The molecule has 0 aliphatic heterocycles. The molecule has 1 nitrogen and oxygen atoms in total. The van der Waals surface area contributed by atoms with E-state index in [4.69, 9.17) is 0 Å². The molecule has 0 atom stereocenters. The normalized spacial score (nSPS) is 11.3. The fourth-order valence-corrected chi connectivity index (χ4v) is 0.483. The van der Waals surface area contributed by atoms with Crippen LogP contribution in [0.4, 0.5) is 0 Å². The van der Waals surface area contributed by atoms with Crippen LogP contribution >= 0.6 is 12.2 Å². The van der Waals surface area contributed by atoms with Gasteiger partial charge >= 0.3 is 0 Å². The zero-order chi connectivity index (χ0) is 8.20. The van der Waals surface area contributed by atoms with Gasteiger partial charge in [-0.3, -0.25) is 0 Å². The van der Waals surface area contributed by atoms with Gasteiger partial charge in [0.1, 0.15) is 0 Å². The molecule has 0 unspecified atom stereocenters. The summed E-state index contributed by atoms with van der Waals surface area (Å²) in [5.41, 5.74) is 0.256. The van der Waals surface area contributed by atoms with Crippen molar-refractivity contribution in [2.75, 3.05) is 6.54 Å². The van der Waals surface area contributed by atoms with E-state index in [9.17, 15) is 0 Å². The van der Waals surface area contributed by atoms with E-state index in [0.29, 0.717) is 5.92 Å². The smallest absolute Gasteiger partial charge is 0.0585 e. The third-order valence-corrected chi connectivity index (χ3v) is 2.24. The molecule has 0 fully saturated rings. The van der Waals surface area contributed by atoms with Gasteiger partial charge in [-0.2, -0.15) is 0 Å². The lowest BCUT2D eigenvalue weighted by molar-refractivity contribution is 0.262. The molecule has 0 spiro atoms. The van der Waals surface area contributed by atoms with E-state index < -0.39 is 0 Å². The molecular weight excluding hydrogens is 142 g/mol. The Morgan fingerprint density at radius 1 is 1.50 bits per heavy atom. The Morgan fingerprint density at radius 3 is 2.30 bits per heavy atom. The molecule has 2 heteroatoms. The first-order valence-electron chi connectivity index (χ1n) is 3.54. The minimum Gasteiger partial charge on any atom is -0.232 e. The van der Waals surface area contributed by atoms with Gasteiger partial charge in [0.05, 0.1) is 11.7 Å². The summed E-state index contributed by atoms with van der Waals surface area (Å²) < 4.78 is 0. The lowest BCUT2D eigenvalue weighted by Gasteiger charge is -2.26. The van der Waals surface area contributed by atoms with Crippen molar-refractivity contribution in [3.05, 3.63) is 0 Å². The van der Waals surface area contributed by atoms with Crippen LogP contribution in [0, 0.1) is 11.3 Å². The van der Waals surface area contributed by atoms with Gasteiger partial charge in [-0.15, -0.1) is 0 Å². The standard InChI is InChI=1S/C8H15NS/c1-7(2)8(3,4)5-9-6-10/h7H,5H2,1-4H3. The fourth-order valence-electron chi connectivity index (χ4n) is 0.419. The maximum Gasteiger partial charge on any atom is 0.0585 e. The van der Waals surface area contributed by atoms with E-state index >= 15 is 0 Å². The van der Waals surface area contributed by atoms with Gasteiger partial charge in [-0.25, -0.2) is 4.99 Å². The Labute approximate surface area is 68.5 Å². The Morgan fingerprint density at radius 2 is 2.00 bits per heavy atom. The van der Waals surface area contributed by atoms with Crippen LogP contribution in [0.1, 0.15) is 27.7 Å². The van der Waals surface area contributed by atoms with Crippen molar-refractivity contribution in [3.8, 4) is 0 Å². The molecule has 58 valence electrons. The van der Waals surface area contributed by atoms with E-state index in [-0.39, 0.29) is 5.41 Å². The summed E-state index contributed by atoms with van der Waals surface area (Å²) in [5, 5.41) is 2.39. The fraction of sp³-hybridized carbons (Fsp3) is 0.875. The lowest BCUT2D eigenvalue weighted by atomic mass is 9.81. The summed E-state index contributed by atoms with van der Waals surface area (Å²) in [5.74, 6) is 0.639. The van der Waals surface area contributed by atoms with Crippen molar-refractivity contribution in [1.82, 2.24) is 0 Å². The van der Waals surface area contributed by atoms with Crippen molar-refractivity contribution in [3.63, 3.8) is 0 Å². The van der Waals surface area contributed by atoms with Gasteiger partial charge in [0, 0.05) is 0 Å². The minimum atomic E-state index is 0.256. The highest BCUT2D eigenvalue weighted by atomic mass is 32.1. The van der Waals surface area contributed by atoms with Gasteiger partial charge in [-0.1, -0.05) is 27.7 Å².